The highest BCUT2D eigenvalue weighted by atomic mass is 33.1. The van der Waals surface area contributed by atoms with Gasteiger partial charge in [-0.15, -0.1) is 0 Å². The summed E-state index contributed by atoms with van der Waals surface area (Å²) in [4.78, 5) is 106. The summed E-state index contributed by atoms with van der Waals surface area (Å²) in [6, 6.07) is 8.90. The monoisotopic (exact) mass is 1360 g/mol. The molecular weight excluding hydrogens is 1270 g/mol. The number of hydrogen-bond acceptors (Lipinski definition) is 25. The fourth-order valence-electron chi connectivity index (χ4n) is 10.7. The Hall–Kier alpha value is -6.61. The number of nitrogens with one attached hydrogen (secondary N) is 9. The van der Waals surface area contributed by atoms with Gasteiger partial charge in [0.1, 0.15) is 84.7 Å². The molecule has 0 unspecified atom stereocenters. The zero-order valence-electron chi connectivity index (χ0n) is 51.6. The van der Waals surface area contributed by atoms with E-state index in [4.69, 9.17) is 19.9 Å². The number of carbonyl (C=O) groups excluding carboxylic acids is 7. The van der Waals surface area contributed by atoms with Crippen LogP contribution in [0, 0.1) is 0 Å². The molecule has 3 aromatic carbocycles. The number of fused-ring (bicyclic) bond motifs is 1. The number of aromatic amines is 1. The van der Waals surface area contributed by atoms with Crippen molar-refractivity contribution >= 4 is 73.8 Å². The van der Waals surface area contributed by atoms with E-state index in [1.807, 2.05) is 0 Å². The quantitative estimate of drug-likeness (QED) is 0.0243. The van der Waals surface area contributed by atoms with Crippen LogP contribution in [0.4, 0.5) is 0 Å². The molecule has 1 aromatic heterocycles. The molecule has 3 fully saturated rings. The Labute approximate surface area is 548 Å². The number of benzene rings is 3. The Kier molecular flexibility index (Phi) is 28.2. The number of aromatic nitrogens is 1. The summed E-state index contributed by atoms with van der Waals surface area (Å²) in [5.74, 6) is -10.3. The van der Waals surface area contributed by atoms with Crippen molar-refractivity contribution in [3.05, 3.63) is 102 Å². The maximum absolute atomic E-state index is 15.2. The van der Waals surface area contributed by atoms with Crippen LogP contribution in [-0.2, 0) is 67.0 Å². The molecule has 0 spiro atoms. The standard InChI is InChI=1S/C61H86N10O21S2/c1-30(74)42(24-72)68-58(87)44-28-94-93-27-43(69-54(83)39(20-32-10-4-3-5-11-32)64-29-61(89)52(81)51(45(77)26-90-61)92-60-50(80)49(79)48(78)46(25-73)91-60)57(86)66-40(21-33-15-17-35(76)18-16-33)55(84)67-41(22-34-23-63-37-13-7-6-12-36(34)37)56(85)65-38(14-8-9-19-62)53(82)71-47(31(2)75)59(88)70-44/h3-7,10-13,15-18,23,30-31,38-52,60,63-64,72-81,89H,8-9,14,19-22,24-29,62H2,1-2H3,(H,65,85)(H,66,86)(H,67,84)(H,68,87)(H,69,83)(H,70,88)(H,71,82)/t30-,31-,38+,39-,40+,41-,42+,43+,44+,45-,46-,47+,48-,49+,50-,51-,52+,60-,61-/m1/s1. The third-order valence-corrected chi connectivity index (χ3v) is 18.7. The lowest BCUT2D eigenvalue weighted by Gasteiger charge is -2.47. The van der Waals surface area contributed by atoms with Crippen LogP contribution in [0.2, 0.25) is 0 Å². The number of ether oxygens (including phenoxy) is 3. The summed E-state index contributed by atoms with van der Waals surface area (Å²) in [5, 5.41) is 140. The topological polar surface area (TPSA) is 508 Å². The number of para-hydroxylation sites is 1. The number of rotatable bonds is 23. The largest absolute Gasteiger partial charge is 0.508 e. The van der Waals surface area contributed by atoms with Crippen molar-refractivity contribution in [2.75, 3.05) is 44.4 Å². The van der Waals surface area contributed by atoms with Gasteiger partial charge in [0.15, 0.2) is 6.29 Å². The van der Waals surface area contributed by atoms with Crippen LogP contribution in [0.5, 0.6) is 5.75 Å². The number of H-pyrrole nitrogens is 1. The van der Waals surface area contributed by atoms with Gasteiger partial charge in [0.05, 0.1) is 50.7 Å². The third-order valence-electron chi connectivity index (χ3n) is 16.3. The van der Waals surface area contributed by atoms with Crippen molar-refractivity contribution in [2.24, 2.45) is 5.73 Å². The summed E-state index contributed by atoms with van der Waals surface area (Å²) in [5.41, 5.74) is 7.98. The van der Waals surface area contributed by atoms with Crippen LogP contribution in [-0.4, -0.2) is 262 Å². The number of aromatic hydroxyl groups is 1. The van der Waals surface area contributed by atoms with Crippen molar-refractivity contribution < 1.29 is 104 Å². The molecule has 3 saturated heterocycles. The number of nitrogens with two attached hydrogens (primary N) is 1. The van der Waals surface area contributed by atoms with Gasteiger partial charge in [-0.05, 0) is 81.0 Å². The number of phenols is 1. The summed E-state index contributed by atoms with van der Waals surface area (Å²) in [6.45, 7) is -0.427. The normalized spacial score (nSPS) is 30.1. The van der Waals surface area contributed by atoms with Crippen LogP contribution < -0.4 is 48.3 Å². The van der Waals surface area contributed by atoms with Crippen molar-refractivity contribution in [3.8, 4) is 5.75 Å². The zero-order valence-corrected chi connectivity index (χ0v) is 53.2. The van der Waals surface area contributed by atoms with Gasteiger partial charge in [0.25, 0.3) is 0 Å². The Morgan fingerprint density at radius 2 is 1.40 bits per heavy atom. The minimum atomic E-state index is -2.72. The fraction of sp³-hybridized carbons (Fsp3) is 0.557. The molecule has 3 aliphatic heterocycles. The fourth-order valence-corrected chi connectivity index (χ4v) is 13.0. The van der Waals surface area contributed by atoms with Gasteiger partial charge in [-0.1, -0.05) is 82.3 Å². The predicted molar refractivity (Wildman–Crippen MR) is 339 cm³/mol. The first-order chi connectivity index (χ1) is 44.8. The molecule has 22 N–H and O–H groups in total. The van der Waals surface area contributed by atoms with Gasteiger partial charge in [-0.25, -0.2) is 0 Å². The summed E-state index contributed by atoms with van der Waals surface area (Å²) in [7, 11) is 1.77. The lowest BCUT2D eigenvalue weighted by atomic mass is 9.95. The highest BCUT2D eigenvalue weighted by Crippen LogP contribution is 2.31. The molecule has 0 aliphatic carbocycles. The van der Waals surface area contributed by atoms with Crippen LogP contribution in [0.3, 0.4) is 0 Å². The number of unbranched alkanes of at least 4 members (excludes halogenated alkanes) is 1. The SMILES string of the molecule is C[C@@H](O)[C@H](CO)NC(=O)[C@@H]1CSSC[C@H](NC(=O)[C@@H](Cc2ccccc2)NC[C@@]2(O)OC[C@@H](O)[C@@H](O[C@H]3O[C@H](CO)[C@@H](O)[C@H](O)[C@H]3O)[C@@H]2O)C(=O)N[C@@H](Cc2ccc(O)cc2)C(=O)N[C@H](Cc2c[nH]c3ccccc23)C(=O)N[C@@H](CCCCN)C(=O)N[C@@H]([C@@H](C)O)C(=O)N1. The van der Waals surface area contributed by atoms with E-state index in [1.165, 1.54) is 38.1 Å². The maximum Gasteiger partial charge on any atom is 0.245 e. The third kappa shape index (κ3) is 20.2. The van der Waals surface area contributed by atoms with Crippen LogP contribution >= 0.6 is 21.6 Å². The minimum Gasteiger partial charge on any atom is -0.508 e. The summed E-state index contributed by atoms with van der Waals surface area (Å²) >= 11 is 0. The van der Waals surface area contributed by atoms with E-state index in [1.54, 1.807) is 60.8 Å². The highest BCUT2D eigenvalue weighted by Gasteiger charge is 2.53. The Balaban J connectivity index is 1.26. The second kappa shape index (κ2) is 35.4. The van der Waals surface area contributed by atoms with Crippen LogP contribution in [0.25, 0.3) is 10.9 Å². The van der Waals surface area contributed by atoms with E-state index in [9.17, 15) is 75.3 Å². The van der Waals surface area contributed by atoms with Crippen molar-refractivity contribution in [1.29, 1.82) is 0 Å². The number of carbonyl (C=O) groups is 7. The van der Waals surface area contributed by atoms with Gasteiger partial charge in [0, 0.05) is 41.4 Å². The molecule has 4 aromatic rings. The molecule has 0 bridgehead atoms. The molecule has 518 valence electrons. The zero-order chi connectivity index (χ0) is 68.4. The van der Waals surface area contributed by atoms with Gasteiger partial charge < -0.3 is 124 Å². The molecule has 33 heteroatoms. The first kappa shape index (κ1) is 74.8. The second-order valence-electron chi connectivity index (χ2n) is 23.4. The highest BCUT2D eigenvalue weighted by molar-refractivity contribution is 8.76. The van der Waals surface area contributed by atoms with E-state index in [-0.39, 0.29) is 50.2 Å². The molecular formula is C61H86N10O21S2. The first-order valence-corrected chi connectivity index (χ1v) is 33.2. The van der Waals surface area contributed by atoms with Crippen molar-refractivity contribution in [3.63, 3.8) is 0 Å². The summed E-state index contributed by atoms with van der Waals surface area (Å²) < 4.78 is 16.7. The molecule has 4 heterocycles. The average molecular weight is 1360 g/mol. The van der Waals surface area contributed by atoms with Crippen molar-refractivity contribution in [1.82, 2.24) is 47.5 Å². The number of amides is 7. The van der Waals surface area contributed by atoms with Crippen LogP contribution in [0.1, 0.15) is 49.8 Å². The maximum atomic E-state index is 15.2. The van der Waals surface area contributed by atoms with Gasteiger partial charge in [-0.3, -0.25) is 33.6 Å². The second-order valence-corrected chi connectivity index (χ2v) is 26.0. The first-order valence-electron chi connectivity index (χ1n) is 30.7. The lowest BCUT2D eigenvalue weighted by molar-refractivity contribution is -0.367. The molecule has 7 rings (SSSR count). The molecule has 0 radical (unpaired) electrons. The molecule has 7 amide bonds. The van der Waals surface area contributed by atoms with E-state index >= 15 is 14.4 Å². The van der Waals surface area contributed by atoms with Gasteiger partial charge in [-0.2, -0.15) is 0 Å². The molecule has 31 nitrogen and oxygen atoms in total. The Morgan fingerprint density at radius 1 is 0.755 bits per heavy atom. The number of phenolic OH excluding ortho intramolecular Hbond substituents is 1. The Morgan fingerprint density at radius 3 is 2.07 bits per heavy atom. The van der Waals surface area contributed by atoms with E-state index in [0.717, 1.165) is 21.6 Å². The van der Waals surface area contributed by atoms with E-state index in [2.05, 4.69) is 47.5 Å². The summed E-state index contributed by atoms with van der Waals surface area (Å²) in [6.07, 6.45) is -16.2. The van der Waals surface area contributed by atoms with Crippen LogP contribution in [0.15, 0.2) is 85.1 Å². The van der Waals surface area contributed by atoms with E-state index < -0.39 is 189 Å². The van der Waals surface area contributed by atoms with Gasteiger partial charge in [0.2, 0.25) is 47.1 Å². The molecule has 94 heavy (non-hydrogen) atoms. The smallest absolute Gasteiger partial charge is 0.245 e. The van der Waals surface area contributed by atoms with Crippen molar-refractivity contribution in [2.45, 2.75) is 168 Å². The molecule has 0 saturated carbocycles. The van der Waals surface area contributed by atoms with Gasteiger partial charge >= 0.3 is 0 Å². The lowest BCUT2D eigenvalue weighted by Crippen LogP contribution is -2.68. The van der Waals surface area contributed by atoms with E-state index in [0.29, 0.717) is 34.0 Å². The number of hydrogen-bond donors (Lipinski definition) is 21. The molecule has 3 aliphatic rings. The number of aliphatic hydroxyl groups is 10. The number of aliphatic hydroxyl groups excluding tert-OH is 9. The minimum absolute atomic E-state index is 0.0590. The Bertz CT molecular complexity index is 3140. The predicted octanol–water partition coefficient (Wildman–Crippen LogP) is -5.84. The molecule has 19 atom stereocenters. The average Bonchev–Trinajstić information content (AvgIpc) is 0.871.